The number of halogens is 4. The second kappa shape index (κ2) is 6.08. The molecule has 0 aliphatic rings. The highest BCUT2D eigenvalue weighted by Crippen LogP contribution is 2.06. The van der Waals surface area contributed by atoms with Crippen molar-refractivity contribution in [3.63, 3.8) is 0 Å². The standard InChI is InChI=1S/C3H7P.BF4/c1-2-3-4;2-1(3,4)5/h2H,1,3-4H2;/q;-1/p+1. The van der Waals surface area contributed by atoms with Crippen molar-refractivity contribution in [1.82, 2.24) is 0 Å². The van der Waals surface area contributed by atoms with Crippen LogP contribution in [0.3, 0.4) is 0 Å². The van der Waals surface area contributed by atoms with Gasteiger partial charge in [0, 0.05) is 0 Å². The van der Waals surface area contributed by atoms with Crippen molar-refractivity contribution in [2.75, 3.05) is 6.16 Å². The lowest BCUT2D eigenvalue weighted by atomic mass is 10.3. The first-order valence-corrected chi connectivity index (χ1v) is 3.19. The average molecular weight is 162 g/mol. The minimum atomic E-state index is -6.00. The molecule has 56 valence electrons. The van der Waals surface area contributed by atoms with Crippen LogP contribution >= 0.6 is 9.24 Å². The lowest BCUT2D eigenvalue weighted by Gasteiger charge is -1.94. The molecule has 0 aliphatic carbocycles. The van der Waals surface area contributed by atoms with Gasteiger partial charge < -0.3 is 17.3 Å². The normalized spacial score (nSPS) is 9.78. The summed E-state index contributed by atoms with van der Waals surface area (Å²) in [5.41, 5.74) is 0. The Balaban J connectivity index is 0. The van der Waals surface area contributed by atoms with Gasteiger partial charge in [0.05, 0.1) is 6.16 Å². The summed E-state index contributed by atoms with van der Waals surface area (Å²) in [5, 5.41) is 0. The molecule has 9 heavy (non-hydrogen) atoms. The Bertz CT molecular complexity index is 64.7. The van der Waals surface area contributed by atoms with Gasteiger partial charge in [0.2, 0.25) is 0 Å². The summed E-state index contributed by atoms with van der Waals surface area (Å²) in [5.74, 6) is 0. The topological polar surface area (TPSA) is 0 Å². The van der Waals surface area contributed by atoms with E-state index in [2.05, 4.69) is 6.58 Å². The first-order chi connectivity index (χ1) is 3.91. The minimum absolute atomic E-state index is 1.11. The fourth-order valence-corrected chi connectivity index (χ4v) is 0. The summed E-state index contributed by atoms with van der Waals surface area (Å²) in [6.45, 7) is 3.49. The summed E-state index contributed by atoms with van der Waals surface area (Å²) in [7, 11) is -4.10. The van der Waals surface area contributed by atoms with Gasteiger partial charge in [0.15, 0.2) is 0 Å². The van der Waals surface area contributed by atoms with Crippen LogP contribution in [0.25, 0.3) is 0 Å². The van der Waals surface area contributed by atoms with Gasteiger partial charge in [0.25, 0.3) is 0 Å². The highest BCUT2D eigenvalue weighted by atomic mass is 31.0. The molecule has 0 saturated heterocycles. The van der Waals surface area contributed by atoms with Gasteiger partial charge in [-0.25, -0.2) is 0 Å². The summed E-state index contributed by atoms with van der Waals surface area (Å²) in [4.78, 5) is 0. The lowest BCUT2D eigenvalue weighted by molar-refractivity contribution is 0.368. The first-order valence-electron chi connectivity index (χ1n) is 2.19. The molecule has 0 amide bonds. The van der Waals surface area contributed by atoms with Crippen molar-refractivity contribution in [3.05, 3.63) is 12.7 Å². The molecule has 0 aromatic carbocycles. The minimum Gasteiger partial charge on any atom is -0.418 e. The molecule has 0 N–H and O–H groups in total. The molecule has 0 fully saturated rings. The summed E-state index contributed by atoms with van der Waals surface area (Å²) in [6, 6.07) is 0. The SMILES string of the molecule is C=CC[PH3+].F[B-](F)(F)F. The monoisotopic (exact) mass is 162 g/mol. The Morgan fingerprint density at radius 2 is 1.44 bits per heavy atom. The van der Waals surface area contributed by atoms with Crippen LogP contribution in [-0.4, -0.2) is 13.4 Å². The van der Waals surface area contributed by atoms with E-state index in [4.69, 9.17) is 0 Å². The highest BCUT2D eigenvalue weighted by Gasteiger charge is 2.20. The average Bonchev–Trinajstić information content (AvgIpc) is 1.61. The summed E-state index contributed by atoms with van der Waals surface area (Å²) >= 11 is 0. The van der Waals surface area contributed by atoms with Crippen molar-refractivity contribution in [2.24, 2.45) is 0 Å². The van der Waals surface area contributed by atoms with E-state index in [1.165, 1.54) is 0 Å². The third-order valence-corrected chi connectivity index (χ3v) is 0.612. The summed E-state index contributed by atoms with van der Waals surface area (Å²) < 4.78 is 39.0. The van der Waals surface area contributed by atoms with E-state index in [9.17, 15) is 17.3 Å². The molecule has 0 radical (unpaired) electrons. The van der Waals surface area contributed by atoms with Crippen molar-refractivity contribution >= 4 is 16.5 Å². The maximum Gasteiger partial charge on any atom is 0.673 e. The molecular weight excluding hydrogens is 154 g/mol. The molecule has 0 aromatic rings. The first kappa shape index (κ1) is 11.7. The molecule has 1 unspecified atom stereocenters. The van der Waals surface area contributed by atoms with Crippen LogP contribution in [0.4, 0.5) is 17.3 Å². The van der Waals surface area contributed by atoms with Crippen LogP contribution in [0.1, 0.15) is 0 Å². The van der Waals surface area contributed by atoms with Crippen molar-refractivity contribution in [1.29, 1.82) is 0 Å². The molecule has 0 nitrogen and oxygen atoms in total. The Labute approximate surface area is 53.6 Å². The van der Waals surface area contributed by atoms with Crippen LogP contribution in [0, 0.1) is 0 Å². The third-order valence-electron chi connectivity index (χ3n) is 0.204. The maximum atomic E-state index is 9.75. The van der Waals surface area contributed by atoms with Gasteiger partial charge in [-0.05, 0) is 9.24 Å². The molecule has 0 heterocycles. The molecule has 0 rings (SSSR count). The van der Waals surface area contributed by atoms with E-state index in [-0.39, 0.29) is 0 Å². The highest BCUT2D eigenvalue weighted by molar-refractivity contribution is 7.16. The molecule has 0 spiro atoms. The Morgan fingerprint density at radius 1 is 1.33 bits per heavy atom. The molecule has 0 saturated carbocycles. The van der Waals surface area contributed by atoms with Crippen LogP contribution in [0.2, 0.25) is 0 Å². The number of rotatable bonds is 1. The van der Waals surface area contributed by atoms with Crippen molar-refractivity contribution in [3.8, 4) is 0 Å². The zero-order valence-electron chi connectivity index (χ0n) is 4.79. The molecule has 6 heteroatoms. The van der Waals surface area contributed by atoms with E-state index in [0.717, 1.165) is 6.16 Å². The molecule has 0 bridgehead atoms. The fraction of sp³-hybridized carbons (Fsp3) is 0.333. The number of hydrogen-bond acceptors (Lipinski definition) is 0. The molecule has 0 aliphatic heterocycles. The smallest absolute Gasteiger partial charge is 0.418 e. The van der Waals surface area contributed by atoms with E-state index >= 15 is 0 Å². The van der Waals surface area contributed by atoms with Gasteiger partial charge in [-0.2, -0.15) is 0 Å². The van der Waals surface area contributed by atoms with Gasteiger partial charge in [-0.3, -0.25) is 0 Å². The summed E-state index contributed by atoms with van der Waals surface area (Å²) in [6.07, 6.45) is 3.00. The van der Waals surface area contributed by atoms with Crippen LogP contribution in [-0.2, 0) is 0 Å². The van der Waals surface area contributed by atoms with E-state index in [0.29, 0.717) is 0 Å². The van der Waals surface area contributed by atoms with E-state index < -0.39 is 7.25 Å². The van der Waals surface area contributed by atoms with E-state index in [1.807, 2.05) is 15.3 Å². The quantitative estimate of drug-likeness (QED) is 0.239. The van der Waals surface area contributed by atoms with E-state index in [1.54, 1.807) is 0 Å². The molecule has 1 atom stereocenters. The Morgan fingerprint density at radius 3 is 1.44 bits per heavy atom. The van der Waals surface area contributed by atoms with Gasteiger partial charge >= 0.3 is 7.25 Å². The maximum absolute atomic E-state index is 9.75. The van der Waals surface area contributed by atoms with Crippen LogP contribution in [0.5, 0.6) is 0 Å². The number of hydrogen-bond donors (Lipinski definition) is 0. The predicted molar refractivity (Wildman–Crippen MR) is 36.4 cm³/mol. The largest absolute Gasteiger partial charge is 0.673 e. The molecular formula is C3H8BF4P. The van der Waals surface area contributed by atoms with Gasteiger partial charge in [-0.15, -0.1) is 0 Å². The van der Waals surface area contributed by atoms with Crippen molar-refractivity contribution < 1.29 is 17.3 Å². The van der Waals surface area contributed by atoms with Crippen LogP contribution in [0.15, 0.2) is 12.7 Å². The lowest BCUT2D eigenvalue weighted by Crippen LogP contribution is -2.02. The third kappa shape index (κ3) is 309. The second-order valence-electron chi connectivity index (χ2n) is 1.07. The van der Waals surface area contributed by atoms with Crippen molar-refractivity contribution in [2.45, 2.75) is 0 Å². The predicted octanol–water partition coefficient (Wildman–Crippen LogP) is 2.08. The zero-order chi connectivity index (χ0) is 7.91. The zero-order valence-corrected chi connectivity index (χ0v) is 6.20. The molecule has 0 aromatic heterocycles. The Hall–Kier alpha value is -0.0451. The van der Waals surface area contributed by atoms with Gasteiger partial charge in [0.1, 0.15) is 0 Å². The Kier molecular flexibility index (Phi) is 7.92. The van der Waals surface area contributed by atoms with Gasteiger partial charge in [-0.1, -0.05) is 12.7 Å². The second-order valence-corrected chi connectivity index (χ2v) is 1.65. The fourth-order valence-electron chi connectivity index (χ4n) is 0. The van der Waals surface area contributed by atoms with Crippen LogP contribution < -0.4 is 0 Å². The number of allylic oxidation sites excluding steroid dienone is 1.